The molecule has 0 aliphatic rings. The van der Waals surface area contributed by atoms with E-state index in [1.165, 1.54) is 13.8 Å². The van der Waals surface area contributed by atoms with Crippen molar-refractivity contribution in [3.63, 3.8) is 0 Å². The highest BCUT2D eigenvalue weighted by Crippen LogP contribution is 2.17. The third-order valence-electron chi connectivity index (χ3n) is 1.46. The quantitative estimate of drug-likeness (QED) is 0.574. The van der Waals surface area contributed by atoms with Crippen molar-refractivity contribution in [2.75, 3.05) is 6.61 Å². The molecule has 0 aliphatic heterocycles. The van der Waals surface area contributed by atoms with Crippen LogP contribution in [0.1, 0.15) is 44.4 Å². The van der Waals surface area contributed by atoms with Crippen LogP contribution in [0.15, 0.2) is 4.63 Å². The number of rotatable bonds is 2. The molecule has 0 aromatic carbocycles. The van der Waals surface area contributed by atoms with Gasteiger partial charge < -0.3 is 20.5 Å². The van der Waals surface area contributed by atoms with E-state index in [4.69, 9.17) is 15.3 Å². The molecule has 0 amide bonds. The molecule has 0 fully saturated rings. The monoisotopic (exact) mass is 220 g/mol. The number of aromatic nitrogens is 2. The second-order valence-corrected chi connectivity index (χ2v) is 2.87. The second kappa shape index (κ2) is 6.33. The van der Waals surface area contributed by atoms with Gasteiger partial charge in [-0.25, -0.2) is 0 Å². The van der Waals surface area contributed by atoms with Crippen molar-refractivity contribution in [3.05, 3.63) is 16.6 Å². The van der Waals surface area contributed by atoms with Crippen LogP contribution in [0.4, 0.5) is 0 Å². The summed E-state index contributed by atoms with van der Waals surface area (Å²) in [5.41, 5.74) is 0.0185. The molecule has 0 bridgehead atoms. The van der Waals surface area contributed by atoms with Crippen molar-refractivity contribution in [2.45, 2.75) is 33.0 Å². The Balaban J connectivity index is 0.000000583. The summed E-state index contributed by atoms with van der Waals surface area (Å²) in [6, 6.07) is 0. The van der Waals surface area contributed by atoms with Crippen LogP contribution in [0, 0.1) is 5.21 Å². The van der Waals surface area contributed by atoms with Gasteiger partial charge in [-0.05, 0) is 25.7 Å². The molecule has 1 rings (SSSR count). The Bertz CT molecular complexity index is 285. The number of aliphatic hydroxyl groups is 3. The molecule has 2 atom stereocenters. The molecule has 3 N–H and O–H groups in total. The Morgan fingerprint density at radius 1 is 1.40 bits per heavy atom. The topological polar surface area (TPSA) is 114 Å². The van der Waals surface area contributed by atoms with E-state index in [0.29, 0.717) is 0 Å². The molecule has 7 nitrogen and oxygen atoms in total. The van der Waals surface area contributed by atoms with E-state index in [9.17, 15) is 5.21 Å². The van der Waals surface area contributed by atoms with E-state index in [0.717, 1.165) is 0 Å². The minimum atomic E-state index is -1.00. The van der Waals surface area contributed by atoms with Gasteiger partial charge in [0.15, 0.2) is 0 Å². The lowest BCUT2D eigenvalue weighted by Gasteiger charge is -2.01. The molecule has 0 aliphatic carbocycles. The van der Waals surface area contributed by atoms with Crippen LogP contribution in [0.3, 0.4) is 0 Å². The normalized spacial score (nSPS) is 14.0. The first kappa shape index (κ1) is 13.8. The van der Waals surface area contributed by atoms with Gasteiger partial charge in [-0.3, -0.25) is 4.63 Å². The zero-order valence-corrected chi connectivity index (χ0v) is 8.91. The Morgan fingerprint density at radius 2 is 1.87 bits per heavy atom. The summed E-state index contributed by atoms with van der Waals surface area (Å²) in [7, 11) is 0. The van der Waals surface area contributed by atoms with Gasteiger partial charge in [0, 0.05) is 11.8 Å². The molecule has 0 spiro atoms. The first-order valence-electron chi connectivity index (χ1n) is 4.52. The van der Waals surface area contributed by atoms with Gasteiger partial charge in [0.1, 0.15) is 12.2 Å². The average molecular weight is 220 g/mol. The van der Waals surface area contributed by atoms with Crippen molar-refractivity contribution in [2.24, 2.45) is 0 Å². The smallest absolute Gasteiger partial charge is 0.251 e. The molecule has 1 heterocycles. The Labute approximate surface area is 87.1 Å². The van der Waals surface area contributed by atoms with Crippen LogP contribution in [-0.2, 0) is 0 Å². The highest BCUT2D eigenvalue weighted by molar-refractivity contribution is 5.08. The fraction of sp³-hybridized carbons (Fsp3) is 0.750. The molecule has 88 valence electrons. The lowest BCUT2D eigenvalue weighted by molar-refractivity contribution is -0.810. The predicted molar refractivity (Wildman–Crippen MR) is 49.5 cm³/mol. The van der Waals surface area contributed by atoms with Gasteiger partial charge >= 0.3 is 0 Å². The maximum absolute atomic E-state index is 10.8. The van der Waals surface area contributed by atoms with Crippen LogP contribution in [-0.4, -0.2) is 27.1 Å². The van der Waals surface area contributed by atoms with Gasteiger partial charge in [0.25, 0.3) is 5.69 Å². The van der Waals surface area contributed by atoms with Crippen LogP contribution < -0.4 is 4.90 Å². The first-order chi connectivity index (χ1) is 6.95. The van der Waals surface area contributed by atoms with Gasteiger partial charge in [-0.2, -0.15) is 0 Å². The lowest BCUT2D eigenvalue weighted by Crippen LogP contribution is -2.30. The minimum absolute atomic E-state index is 0.0509. The Hall–Kier alpha value is -1.18. The van der Waals surface area contributed by atoms with E-state index in [2.05, 4.69) is 9.79 Å². The first-order valence-corrected chi connectivity index (χ1v) is 4.52. The highest BCUT2D eigenvalue weighted by atomic mass is 16.8. The van der Waals surface area contributed by atoms with E-state index in [1.54, 1.807) is 6.92 Å². The van der Waals surface area contributed by atoms with E-state index in [-0.39, 0.29) is 22.9 Å². The van der Waals surface area contributed by atoms with Crippen LogP contribution in [0.5, 0.6) is 0 Å². The summed E-state index contributed by atoms with van der Waals surface area (Å²) in [5.74, 6) is 0. The third kappa shape index (κ3) is 3.82. The fourth-order valence-electron chi connectivity index (χ4n) is 0.922. The highest BCUT2D eigenvalue weighted by Gasteiger charge is 2.26. The second-order valence-electron chi connectivity index (χ2n) is 2.87. The summed E-state index contributed by atoms with van der Waals surface area (Å²) in [6.07, 6.45) is -1.92. The van der Waals surface area contributed by atoms with Crippen molar-refractivity contribution < 1.29 is 24.9 Å². The molecule has 0 saturated carbocycles. The van der Waals surface area contributed by atoms with Crippen LogP contribution >= 0.6 is 0 Å². The summed E-state index contributed by atoms with van der Waals surface area (Å²) in [5, 5.41) is 39.8. The van der Waals surface area contributed by atoms with Crippen LogP contribution in [0.25, 0.3) is 0 Å². The third-order valence-corrected chi connectivity index (χ3v) is 1.46. The van der Waals surface area contributed by atoms with E-state index >= 15 is 0 Å². The van der Waals surface area contributed by atoms with Gasteiger partial charge in [0.05, 0.1) is 0 Å². The van der Waals surface area contributed by atoms with Crippen molar-refractivity contribution in [3.8, 4) is 0 Å². The van der Waals surface area contributed by atoms with Gasteiger partial charge in [0.2, 0.25) is 5.69 Å². The standard InChI is InChI=1S/C6H10N2O4.C2H6O/c1-3(9)5-6(4(2)10)8(11)12-7-5;1-2-3/h3-4,9-10H,1-2H3;3H,2H2,1H3. The zero-order valence-electron chi connectivity index (χ0n) is 8.91. The molecule has 2 unspecified atom stereocenters. The molecule has 7 heteroatoms. The Morgan fingerprint density at radius 3 is 2.13 bits per heavy atom. The maximum atomic E-state index is 10.8. The molecule has 1 aromatic heterocycles. The summed E-state index contributed by atoms with van der Waals surface area (Å²) >= 11 is 0. The molecule has 0 saturated heterocycles. The minimum Gasteiger partial charge on any atom is -0.397 e. The zero-order chi connectivity index (χ0) is 12.0. The van der Waals surface area contributed by atoms with E-state index < -0.39 is 12.2 Å². The summed E-state index contributed by atoms with van der Waals surface area (Å²) in [4.78, 5) is 0.0900. The van der Waals surface area contributed by atoms with Crippen molar-refractivity contribution in [1.29, 1.82) is 0 Å². The number of hydrogen-bond acceptors (Lipinski definition) is 6. The average Bonchev–Trinajstić information content (AvgIpc) is 2.48. The van der Waals surface area contributed by atoms with Crippen molar-refractivity contribution >= 4 is 0 Å². The van der Waals surface area contributed by atoms with Crippen molar-refractivity contribution in [1.82, 2.24) is 5.16 Å². The van der Waals surface area contributed by atoms with Gasteiger partial charge in [-0.15, -0.1) is 0 Å². The SMILES string of the molecule is CC(O)c1no[n+]([O-])c1C(C)O.CCO. The molecule has 15 heavy (non-hydrogen) atoms. The summed E-state index contributed by atoms with van der Waals surface area (Å²) < 4.78 is 4.21. The Kier molecular flexibility index (Phi) is 5.83. The van der Waals surface area contributed by atoms with Crippen LogP contribution in [0.2, 0.25) is 0 Å². The number of aliphatic hydroxyl groups excluding tert-OH is 3. The molecule has 1 aromatic rings. The number of nitrogens with zero attached hydrogens (tertiary/aromatic N) is 2. The predicted octanol–water partition coefficient (Wildman–Crippen LogP) is -0.587. The number of hydrogen-bond donors (Lipinski definition) is 3. The lowest BCUT2D eigenvalue weighted by atomic mass is 10.2. The summed E-state index contributed by atoms with van der Waals surface area (Å²) in [6.45, 7) is 4.76. The molecular weight excluding hydrogens is 204 g/mol. The fourth-order valence-corrected chi connectivity index (χ4v) is 0.922. The van der Waals surface area contributed by atoms with Gasteiger partial charge in [-0.1, -0.05) is 0 Å². The van der Waals surface area contributed by atoms with E-state index in [1.807, 2.05) is 0 Å². The molecular formula is C8H16N2O5. The largest absolute Gasteiger partial charge is 0.397 e. The maximum Gasteiger partial charge on any atom is 0.251 e. The molecule has 0 radical (unpaired) electrons.